The van der Waals surface area contributed by atoms with Crippen molar-refractivity contribution >= 4 is 17.7 Å². The van der Waals surface area contributed by atoms with Crippen molar-refractivity contribution in [2.75, 3.05) is 24.7 Å². The highest BCUT2D eigenvalue weighted by Crippen LogP contribution is 2.27. The van der Waals surface area contributed by atoms with E-state index in [1.54, 1.807) is 0 Å². The first-order valence-corrected chi connectivity index (χ1v) is 7.45. The van der Waals surface area contributed by atoms with Gasteiger partial charge in [-0.2, -0.15) is 11.8 Å². The van der Waals surface area contributed by atoms with Crippen LogP contribution >= 0.6 is 11.8 Å². The van der Waals surface area contributed by atoms with Gasteiger partial charge in [-0.05, 0) is 43.1 Å². The Balaban J connectivity index is 1.82. The summed E-state index contributed by atoms with van der Waals surface area (Å²) in [7, 11) is 0. The van der Waals surface area contributed by atoms with Gasteiger partial charge >= 0.3 is 0 Å². The molecule has 0 aliphatic carbocycles. The van der Waals surface area contributed by atoms with Crippen molar-refractivity contribution in [2.45, 2.75) is 38.1 Å². The van der Waals surface area contributed by atoms with Crippen molar-refractivity contribution in [1.82, 2.24) is 4.90 Å². The zero-order valence-corrected chi connectivity index (χ0v) is 10.5. The molecule has 0 spiro atoms. The molecule has 2 aliphatic heterocycles. The third-order valence-corrected chi connectivity index (χ3v) is 4.76. The third-order valence-electron chi connectivity index (χ3n) is 3.71. The molecule has 0 aromatic carbocycles. The Bertz CT molecular complexity index is 241. The minimum absolute atomic E-state index is 0.102. The number of nitrogens with zero attached hydrogens (tertiary/aromatic N) is 1. The second-order valence-electron chi connectivity index (χ2n) is 4.83. The van der Waals surface area contributed by atoms with Gasteiger partial charge in [-0.3, -0.25) is 4.79 Å². The Morgan fingerprint density at radius 1 is 1.31 bits per heavy atom. The molecule has 4 heteroatoms. The van der Waals surface area contributed by atoms with Crippen molar-refractivity contribution in [1.29, 1.82) is 0 Å². The summed E-state index contributed by atoms with van der Waals surface area (Å²) in [6, 6.07) is 0.102. The predicted octanol–water partition coefficient (Wildman–Crippen LogP) is 1.50. The first-order chi connectivity index (χ1) is 7.81. The van der Waals surface area contributed by atoms with Gasteiger partial charge in [0.05, 0.1) is 12.6 Å². The Kier molecular flexibility index (Phi) is 4.53. The van der Waals surface area contributed by atoms with E-state index in [1.807, 2.05) is 16.7 Å². The van der Waals surface area contributed by atoms with Crippen LogP contribution in [0.3, 0.4) is 0 Å². The van der Waals surface area contributed by atoms with E-state index < -0.39 is 0 Å². The largest absolute Gasteiger partial charge is 0.394 e. The van der Waals surface area contributed by atoms with Gasteiger partial charge in [0.2, 0.25) is 5.91 Å². The minimum atomic E-state index is 0.102. The lowest BCUT2D eigenvalue weighted by Crippen LogP contribution is -2.38. The number of rotatable bonds is 3. The minimum Gasteiger partial charge on any atom is -0.394 e. The van der Waals surface area contributed by atoms with E-state index in [4.69, 9.17) is 0 Å². The average molecular weight is 243 g/mol. The maximum atomic E-state index is 12.1. The van der Waals surface area contributed by atoms with Gasteiger partial charge in [0.15, 0.2) is 0 Å². The summed E-state index contributed by atoms with van der Waals surface area (Å²) in [4.78, 5) is 14.0. The highest BCUT2D eigenvalue weighted by atomic mass is 32.2. The highest BCUT2D eigenvalue weighted by Gasteiger charge is 2.29. The van der Waals surface area contributed by atoms with E-state index in [0.29, 0.717) is 12.3 Å². The Morgan fingerprint density at radius 3 is 2.75 bits per heavy atom. The number of amides is 1. The normalized spacial score (nSPS) is 27.3. The van der Waals surface area contributed by atoms with Gasteiger partial charge in [0.25, 0.3) is 0 Å². The lowest BCUT2D eigenvalue weighted by molar-refractivity contribution is -0.133. The van der Waals surface area contributed by atoms with Crippen molar-refractivity contribution in [3.63, 3.8) is 0 Å². The molecule has 1 N–H and O–H groups in total. The molecule has 2 aliphatic rings. The number of likely N-dealkylation sites (tertiary alicyclic amines) is 1. The van der Waals surface area contributed by atoms with Gasteiger partial charge in [0, 0.05) is 13.0 Å². The summed E-state index contributed by atoms with van der Waals surface area (Å²) >= 11 is 2.00. The molecule has 92 valence electrons. The van der Waals surface area contributed by atoms with Crippen molar-refractivity contribution in [2.24, 2.45) is 5.92 Å². The summed E-state index contributed by atoms with van der Waals surface area (Å²) in [5.41, 5.74) is 0. The van der Waals surface area contributed by atoms with Crippen LogP contribution in [-0.2, 0) is 4.79 Å². The zero-order valence-electron chi connectivity index (χ0n) is 9.73. The van der Waals surface area contributed by atoms with Crippen LogP contribution in [0.2, 0.25) is 0 Å². The molecular formula is C12H21NO2S. The number of thioether (sulfide) groups is 1. The molecule has 0 radical (unpaired) electrons. The molecule has 0 aromatic heterocycles. The number of aliphatic hydroxyl groups is 1. The third kappa shape index (κ3) is 2.92. The van der Waals surface area contributed by atoms with E-state index >= 15 is 0 Å². The molecule has 1 amide bonds. The SMILES string of the molecule is O=C(CC1CCSCC1)N1CCC[C@@H]1CO. The molecule has 16 heavy (non-hydrogen) atoms. The summed E-state index contributed by atoms with van der Waals surface area (Å²) in [6.45, 7) is 0.984. The molecule has 0 unspecified atom stereocenters. The number of hydrogen-bond acceptors (Lipinski definition) is 3. The summed E-state index contributed by atoms with van der Waals surface area (Å²) < 4.78 is 0. The summed E-state index contributed by atoms with van der Waals surface area (Å²) in [5, 5.41) is 9.19. The lowest BCUT2D eigenvalue weighted by Gasteiger charge is -2.27. The second kappa shape index (κ2) is 5.92. The van der Waals surface area contributed by atoms with E-state index in [1.165, 1.54) is 24.3 Å². The fourth-order valence-electron chi connectivity index (χ4n) is 2.67. The first-order valence-electron chi connectivity index (χ1n) is 6.29. The summed E-state index contributed by atoms with van der Waals surface area (Å²) in [5.74, 6) is 3.28. The molecular weight excluding hydrogens is 222 g/mol. The standard InChI is InChI=1S/C12H21NO2S/c14-9-11-2-1-5-13(11)12(15)8-10-3-6-16-7-4-10/h10-11,14H,1-9H2/t11-/m1/s1. The van der Waals surface area contributed by atoms with Crippen LogP contribution in [-0.4, -0.2) is 46.6 Å². The van der Waals surface area contributed by atoms with Crippen LogP contribution in [0, 0.1) is 5.92 Å². The van der Waals surface area contributed by atoms with Crippen molar-refractivity contribution < 1.29 is 9.90 Å². The molecule has 0 saturated carbocycles. The first kappa shape index (κ1) is 12.2. The highest BCUT2D eigenvalue weighted by molar-refractivity contribution is 7.99. The van der Waals surface area contributed by atoms with E-state index in [-0.39, 0.29) is 18.6 Å². The second-order valence-corrected chi connectivity index (χ2v) is 6.05. The molecule has 1 atom stereocenters. The average Bonchev–Trinajstić information content (AvgIpc) is 2.78. The smallest absolute Gasteiger partial charge is 0.223 e. The van der Waals surface area contributed by atoms with Crippen molar-refractivity contribution in [3.8, 4) is 0 Å². The van der Waals surface area contributed by atoms with Gasteiger partial charge in [-0.1, -0.05) is 0 Å². The van der Waals surface area contributed by atoms with Crippen LogP contribution < -0.4 is 0 Å². The number of aliphatic hydroxyl groups excluding tert-OH is 1. The van der Waals surface area contributed by atoms with Gasteiger partial charge < -0.3 is 10.0 Å². The number of hydrogen-bond donors (Lipinski definition) is 1. The topological polar surface area (TPSA) is 40.5 Å². The molecule has 3 nitrogen and oxygen atoms in total. The number of carbonyl (C=O) groups excluding carboxylic acids is 1. The molecule has 2 rings (SSSR count). The van der Waals surface area contributed by atoms with Crippen molar-refractivity contribution in [3.05, 3.63) is 0 Å². The zero-order chi connectivity index (χ0) is 11.4. The molecule has 2 fully saturated rings. The monoisotopic (exact) mass is 243 g/mol. The van der Waals surface area contributed by atoms with Crippen LogP contribution in [0.15, 0.2) is 0 Å². The van der Waals surface area contributed by atoms with E-state index in [2.05, 4.69) is 0 Å². The molecule has 0 aromatic rings. The fourth-order valence-corrected chi connectivity index (χ4v) is 3.87. The van der Waals surface area contributed by atoms with E-state index in [9.17, 15) is 9.90 Å². The van der Waals surface area contributed by atoms with Crippen LogP contribution in [0.25, 0.3) is 0 Å². The maximum absolute atomic E-state index is 12.1. The van der Waals surface area contributed by atoms with Crippen LogP contribution in [0.4, 0.5) is 0 Å². The van der Waals surface area contributed by atoms with E-state index in [0.717, 1.165) is 19.4 Å². The number of carbonyl (C=O) groups is 1. The quantitative estimate of drug-likeness (QED) is 0.816. The van der Waals surface area contributed by atoms with Crippen LogP contribution in [0.5, 0.6) is 0 Å². The van der Waals surface area contributed by atoms with Crippen LogP contribution in [0.1, 0.15) is 32.1 Å². The molecule has 0 bridgehead atoms. The lowest BCUT2D eigenvalue weighted by atomic mass is 9.98. The Hall–Kier alpha value is -0.220. The molecule has 2 heterocycles. The van der Waals surface area contributed by atoms with Gasteiger partial charge in [0.1, 0.15) is 0 Å². The van der Waals surface area contributed by atoms with Gasteiger partial charge in [-0.15, -0.1) is 0 Å². The predicted molar refractivity (Wildman–Crippen MR) is 66.5 cm³/mol. The fraction of sp³-hybridized carbons (Fsp3) is 0.917. The molecule has 2 saturated heterocycles. The Labute approximate surface area is 102 Å². The summed E-state index contributed by atoms with van der Waals surface area (Å²) in [6.07, 6.45) is 5.11. The Morgan fingerprint density at radius 2 is 2.06 bits per heavy atom. The maximum Gasteiger partial charge on any atom is 0.223 e. The van der Waals surface area contributed by atoms with Gasteiger partial charge in [-0.25, -0.2) is 0 Å².